The van der Waals surface area contributed by atoms with Gasteiger partial charge in [0.25, 0.3) is 0 Å². The average Bonchev–Trinajstić information content (AvgIpc) is 2.05. The summed E-state index contributed by atoms with van der Waals surface area (Å²) in [5.41, 5.74) is 0.398. The van der Waals surface area contributed by atoms with Crippen LogP contribution in [0.5, 0.6) is 0 Å². The molecule has 0 fully saturated rings. The second-order valence-electron chi connectivity index (χ2n) is 3.03. The molecule has 12 heavy (non-hydrogen) atoms. The fourth-order valence-corrected chi connectivity index (χ4v) is 2.00. The van der Waals surface area contributed by atoms with Crippen LogP contribution in [-0.4, -0.2) is 43.3 Å². The molecule has 0 aromatic carbocycles. The smallest absolute Gasteiger partial charge is 0.125 e. The van der Waals surface area contributed by atoms with Gasteiger partial charge in [-0.2, -0.15) is 0 Å². The van der Waals surface area contributed by atoms with Crippen LogP contribution in [0.2, 0.25) is 0 Å². The lowest BCUT2D eigenvalue weighted by atomic mass is 10.5. The minimum Gasteiger partial charge on any atom is -0.368 e. The van der Waals surface area contributed by atoms with Crippen molar-refractivity contribution in [3.8, 4) is 0 Å². The van der Waals surface area contributed by atoms with Gasteiger partial charge in [0, 0.05) is 18.8 Å². The van der Waals surface area contributed by atoms with E-state index in [0.29, 0.717) is 5.50 Å². The third-order valence-electron chi connectivity index (χ3n) is 1.61. The van der Waals surface area contributed by atoms with Gasteiger partial charge >= 0.3 is 0 Å². The first kappa shape index (κ1) is 9.89. The van der Waals surface area contributed by atoms with Crippen LogP contribution in [0.4, 0.5) is 0 Å². The largest absolute Gasteiger partial charge is 0.368 e. The number of hydrogen-bond acceptors (Lipinski definition) is 4. The molecule has 2 N–H and O–H groups in total. The maximum Gasteiger partial charge on any atom is 0.125 e. The third kappa shape index (κ3) is 3.99. The van der Waals surface area contributed by atoms with Gasteiger partial charge in [-0.05, 0) is 20.3 Å². The van der Waals surface area contributed by atoms with Crippen LogP contribution in [0.15, 0.2) is 12.3 Å². The summed E-state index contributed by atoms with van der Waals surface area (Å²) in [4.78, 5) is 2.20. The van der Waals surface area contributed by atoms with Crippen LogP contribution in [-0.2, 0) is 0 Å². The van der Waals surface area contributed by atoms with Gasteiger partial charge in [0.2, 0.25) is 0 Å². The van der Waals surface area contributed by atoms with Gasteiger partial charge < -0.3 is 10.2 Å². The highest BCUT2D eigenvalue weighted by atomic mass is 32.2. The molecular formula is C8H17N3S. The molecule has 0 aromatic rings. The van der Waals surface area contributed by atoms with Crippen LogP contribution < -0.4 is 10.6 Å². The molecule has 0 saturated heterocycles. The van der Waals surface area contributed by atoms with Gasteiger partial charge in [0.1, 0.15) is 5.50 Å². The number of nitrogens with one attached hydrogen (secondary N) is 2. The molecule has 4 heteroatoms. The Balaban J connectivity index is 2.03. The first-order chi connectivity index (χ1) is 5.79. The molecule has 1 aliphatic rings. The summed E-state index contributed by atoms with van der Waals surface area (Å²) in [7, 11) is 4.20. The minimum absolute atomic E-state index is 0.398. The molecule has 0 amide bonds. The maximum absolute atomic E-state index is 3.34. The number of hydrogen-bond donors (Lipinski definition) is 2. The maximum atomic E-state index is 3.34. The topological polar surface area (TPSA) is 27.3 Å². The molecule has 0 aliphatic carbocycles. The van der Waals surface area contributed by atoms with E-state index in [1.165, 1.54) is 0 Å². The van der Waals surface area contributed by atoms with Crippen LogP contribution in [0.3, 0.4) is 0 Å². The predicted octanol–water partition coefficient (Wildman–Crippen LogP) is 0.271. The molecule has 0 bridgehead atoms. The standard InChI is InChI=1S/C8H17N3S/c1-11(2)6-7-12-8-9-4-3-5-10-8/h3-4,8-10H,5-7H2,1-2H3. The Morgan fingerprint density at radius 1 is 1.58 bits per heavy atom. The first-order valence-electron chi connectivity index (χ1n) is 4.20. The van der Waals surface area contributed by atoms with E-state index in [-0.39, 0.29) is 0 Å². The van der Waals surface area contributed by atoms with E-state index in [4.69, 9.17) is 0 Å². The molecule has 1 aliphatic heterocycles. The van der Waals surface area contributed by atoms with E-state index < -0.39 is 0 Å². The highest BCUT2D eigenvalue weighted by molar-refractivity contribution is 7.99. The lowest BCUT2D eigenvalue weighted by Crippen LogP contribution is -2.40. The SMILES string of the molecule is CN(C)CCSC1NC=CCN1. The summed E-state index contributed by atoms with van der Waals surface area (Å²) in [6.45, 7) is 2.11. The zero-order valence-corrected chi connectivity index (χ0v) is 8.53. The summed E-state index contributed by atoms with van der Waals surface area (Å²) in [5.74, 6) is 1.16. The highest BCUT2D eigenvalue weighted by Crippen LogP contribution is 2.06. The van der Waals surface area contributed by atoms with E-state index >= 15 is 0 Å². The molecule has 1 unspecified atom stereocenters. The molecule has 70 valence electrons. The molecule has 1 rings (SSSR count). The number of rotatable bonds is 4. The zero-order valence-electron chi connectivity index (χ0n) is 7.71. The van der Waals surface area contributed by atoms with Crippen molar-refractivity contribution in [2.45, 2.75) is 5.50 Å². The van der Waals surface area contributed by atoms with Crippen molar-refractivity contribution in [3.05, 3.63) is 12.3 Å². The van der Waals surface area contributed by atoms with E-state index in [1.54, 1.807) is 0 Å². The molecule has 0 radical (unpaired) electrons. The van der Waals surface area contributed by atoms with Crippen molar-refractivity contribution < 1.29 is 0 Å². The van der Waals surface area contributed by atoms with Gasteiger partial charge in [0.15, 0.2) is 0 Å². The van der Waals surface area contributed by atoms with Crippen molar-refractivity contribution in [1.29, 1.82) is 0 Å². The predicted molar refractivity (Wildman–Crippen MR) is 55.1 cm³/mol. The van der Waals surface area contributed by atoms with Crippen LogP contribution in [0, 0.1) is 0 Å². The molecular weight excluding hydrogens is 170 g/mol. The molecule has 1 heterocycles. The highest BCUT2D eigenvalue weighted by Gasteiger charge is 2.06. The van der Waals surface area contributed by atoms with Crippen molar-refractivity contribution in [2.24, 2.45) is 0 Å². The zero-order chi connectivity index (χ0) is 8.81. The summed E-state index contributed by atoms with van der Waals surface area (Å²) in [6.07, 6.45) is 4.10. The van der Waals surface area contributed by atoms with E-state index in [1.807, 2.05) is 18.0 Å². The first-order valence-corrected chi connectivity index (χ1v) is 5.24. The fourth-order valence-electron chi connectivity index (χ4n) is 0.909. The van der Waals surface area contributed by atoms with Gasteiger partial charge in [-0.15, -0.1) is 11.8 Å². The Morgan fingerprint density at radius 2 is 2.42 bits per heavy atom. The van der Waals surface area contributed by atoms with Crippen molar-refractivity contribution in [3.63, 3.8) is 0 Å². The minimum atomic E-state index is 0.398. The molecule has 3 nitrogen and oxygen atoms in total. The normalized spacial score (nSPS) is 22.8. The van der Waals surface area contributed by atoms with Crippen LogP contribution >= 0.6 is 11.8 Å². The second-order valence-corrected chi connectivity index (χ2v) is 4.24. The monoisotopic (exact) mass is 187 g/mol. The summed E-state index contributed by atoms with van der Waals surface area (Å²) < 4.78 is 0. The Hall–Kier alpha value is -0.190. The second kappa shape index (κ2) is 5.45. The summed E-state index contributed by atoms with van der Waals surface area (Å²) >= 11 is 1.91. The Labute approximate surface area is 78.6 Å². The van der Waals surface area contributed by atoms with E-state index in [0.717, 1.165) is 18.8 Å². The molecule has 1 atom stereocenters. The fraction of sp³-hybridized carbons (Fsp3) is 0.750. The van der Waals surface area contributed by atoms with Gasteiger partial charge in [-0.3, -0.25) is 5.32 Å². The van der Waals surface area contributed by atoms with Gasteiger partial charge in [0.05, 0.1) is 0 Å². The number of thioether (sulfide) groups is 1. The van der Waals surface area contributed by atoms with Crippen molar-refractivity contribution in [1.82, 2.24) is 15.5 Å². The molecule has 0 spiro atoms. The van der Waals surface area contributed by atoms with Crippen molar-refractivity contribution >= 4 is 11.8 Å². The van der Waals surface area contributed by atoms with Crippen LogP contribution in [0.1, 0.15) is 0 Å². The Kier molecular flexibility index (Phi) is 4.50. The van der Waals surface area contributed by atoms with E-state index in [2.05, 4.69) is 35.7 Å². The van der Waals surface area contributed by atoms with Crippen molar-refractivity contribution in [2.75, 3.05) is 32.9 Å². The average molecular weight is 187 g/mol. The molecule has 0 aromatic heterocycles. The number of nitrogens with zero attached hydrogens (tertiary/aromatic N) is 1. The lowest BCUT2D eigenvalue weighted by molar-refractivity contribution is 0.436. The third-order valence-corrected chi connectivity index (χ3v) is 2.66. The lowest BCUT2D eigenvalue weighted by Gasteiger charge is -2.21. The molecule has 0 saturated carbocycles. The van der Waals surface area contributed by atoms with Crippen LogP contribution in [0.25, 0.3) is 0 Å². The quantitative estimate of drug-likeness (QED) is 0.661. The van der Waals surface area contributed by atoms with E-state index in [9.17, 15) is 0 Å². The van der Waals surface area contributed by atoms with Gasteiger partial charge in [-0.25, -0.2) is 0 Å². The Bertz CT molecular complexity index is 147. The Morgan fingerprint density at radius 3 is 3.00 bits per heavy atom. The summed E-state index contributed by atoms with van der Waals surface area (Å²) in [5, 5.41) is 6.58. The summed E-state index contributed by atoms with van der Waals surface area (Å²) in [6, 6.07) is 0. The van der Waals surface area contributed by atoms with Gasteiger partial charge in [-0.1, -0.05) is 6.08 Å².